The highest BCUT2D eigenvalue weighted by atomic mass is 32.2. The number of amides is 1. The molecule has 21 heavy (non-hydrogen) atoms. The van der Waals surface area contributed by atoms with Gasteiger partial charge in [0.15, 0.2) is 4.34 Å². The van der Waals surface area contributed by atoms with E-state index in [-0.39, 0.29) is 23.7 Å². The minimum absolute atomic E-state index is 0.126. The summed E-state index contributed by atoms with van der Waals surface area (Å²) in [6.07, 6.45) is 3.88. The predicted octanol–water partition coefficient (Wildman–Crippen LogP) is 0.226. The van der Waals surface area contributed by atoms with Crippen LogP contribution in [0.1, 0.15) is 12.8 Å². The highest BCUT2D eigenvalue weighted by Crippen LogP contribution is 2.23. The van der Waals surface area contributed by atoms with E-state index in [1.807, 2.05) is 12.2 Å². The van der Waals surface area contributed by atoms with Gasteiger partial charge in [-0.15, -0.1) is 10.2 Å². The zero-order chi connectivity index (χ0) is 14.7. The number of hydrogen-bond donors (Lipinski definition) is 2. The molecule has 1 unspecified atom stereocenters. The summed E-state index contributed by atoms with van der Waals surface area (Å²) in [6.45, 7) is 0. The number of carbonyl (C=O) groups excluding carboxylic acids is 1. The number of thioether (sulfide) groups is 1. The monoisotopic (exact) mass is 327 g/mol. The highest BCUT2D eigenvalue weighted by molar-refractivity contribution is 8.01. The summed E-state index contributed by atoms with van der Waals surface area (Å²) in [6, 6.07) is 0. The van der Waals surface area contributed by atoms with Crippen LogP contribution in [0.5, 0.6) is 0 Å². The number of aliphatic hydroxyl groups is 1. The van der Waals surface area contributed by atoms with Crippen molar-refractivity contribution in [3.05, 3.63) is 17.7 Å². The van der Waals surface area contributed by atoms with Gasteiger partial charge in [-0.1, -0.05) is 35.3 Å². The molecule has 2 aliphatic heterocycles. The van der Waals surface area contributed by atoms with E-state index >= 15 is 0 Å². The van der Waals surface area contributed by atoms with E-state index in [4.69, 9.17) is 9.31 Å². The zero-order valence-corrected chi connectivity index (χ0v) is 12.7. The molecule has 10 heteroatoms. The Morgan fingerprint density at radius 3 is 3.33 bits per heavy atom. The summed E-state index contributed by atoms with van der Waals surface area (Å²) >= 11 is 2.73. The lowest BCUT2D eigenvalue weighted by atomic mass is 9.75. The van der Waals surface area contributed by atoms with Crippen molar-refractivity contribution in [3.8, 4) is 0 Å². The van der Waals surface area contributed by atoms with Gasteiger partial charge < -0.3 is 19.7 Å². The highest BCUT2D eigenvalue weighted by Gasteiger charge is 2.40. The Labute approximate surface area is 130 Å². The molecule has 1 fully saturated rings. The summed E-state index contributed by atoms with van der Waals surface area (Å²) in [5.74, 6) is -0.170. The lowest BCUT2D eigenvalue weighted by Crippen LogP contribution is -2.54. The van der Waals surface area contributed by atoms with Gasteiger partial charge in [-0.05, 0) is 6.42 Å². The summed E-state index contributed by atoms with van der Waals surface area (Å²) in [5, 5.41) is 20.1. The first-order valence-corrected chi connectivity index (χ1v) is 8.41. The van der Waals surface area contributed by atoms with Crippen LogP contribution in [0.15, 0.2) is 22.0 Å². The molecule has 0 aromatic carbocycles. The third-order valence-corrected chi connectivity index (χ3v) is 4.98. The van der Waals surface area contributed by atoms with Gasteiger partial charge >= 0.3 is 7.12 Å². The number of aromatic nitrogens is 2. The molecule has 112 valence electrons. The molecular formula is C11H14BN3O4S2. The second-order valence-corrected chi connectivity index (χ2v) is 6.76. The van der Waals surface area contributed by atoms with E-state index in [9.17, 15) is 9.90 Å². The fourth-order valence-electron chi connectivity index (χ4n) is 2.20. The maximum absolute atomic E-state index is 12.0. The van der Waals surface area contributed by atoms with E-state index in [0.29, 0.717) is 12.8 Å². The molecule has 7 nitrogen and oxygen atoms in total. The SMILES string of the molecule is O=C(CSc1nncs1)N[C@H]1CC=C[C@@H]2CC(O)OB1O2. The largest absolute Gasteiger partial charge is 0.483 e. The molecule has 2 bridgehead atoms. The van der Waals surface area contributed by atoms with Gasteiger partial charge in [0.05, 0.1) is 17.8 Å². The fraction of sp³-hybridized carbons (Fsp3) is 0.545. The minimum Gasteiger partial charge on any atom is -0.403 e. The van der Waals surface area contributed by atoms with Gasteiger partial charge in [-0.25, -0.2) is 0 Å². The van der Waals surface area contributed by atoms with Gasteiger partial charge in [0.25, 0.3) is 0 Å². The average Bonchev–Trinajstić information content (AvgIpc) is 2.92. The first kappa shape index (κ1) is 15.0. The Kier molecular flexibility index (Phi) is 4.91. The number of aliphatic hydroxyl groups excluding tert-OH is 1. The molecule has 2 aliphatic rings. The van der Waals surface area contributed by atoms with Gasteiger partial charge in [-0.2, -0.15) is 0 Å². The molecule has 0 aliphatic carbocycles. The molecule has 0 saturated carbocycles. The summed E-state index contributed by atoms with van der Waals surface area (Å²) in [4.78, 5) is 12.0. The Morgan fingerprint density at radius 1 is 1.62 bits per heavy atom. The Bertz CT molecular complexity index is 516. The van der Waals surface area contributed by atoms with Gasteiger partial charge in [0.2, 0.25) is 5.91 Å². The molecule has 1 aromatic heterocycles. The van der Waals surface area contributed by atoms with Crippen LogP contribution in [-0.2, 0) is 14.1 Å². The Hall–Kier alpha value is -0.935. The quantitative estimate of drug-likeness (QED) is 0.464. The number of fused-ring (bicyclic) bond motifs is 2. The molecule has 0 radical (unpaired) electrons. The topological polar surface area (TPSA) is 93.6 Å². The van der Waals surface area contributed by atoms with Crippen LogP contribution in [0.2, 0.25) is 0 Å². The van der Waals surface area contributed by atoms with Crippen molar-refractivity contribution in [2.75, 3.05) is 5.75 Å². The van der Waals surface area contributed by atoms with Crippen LogP contribution in [0.4, 0.5) is 0 Å². The zero-order valence-electron chi connectivity index (χ0n) is 11.0. The summed E-state index contributed by atoms with van der Waals surface area (Å²) < 4.78 is 11.8. The van der Waals surface area contributed by atoms with E-state index in [2.05, 4.69) is 15.5 Å². The van der Waals surface area contributed by atoms with Crippen LogP contribution >= 0.6 is 23.1 Å². The predicted molar refractivity (Wildman–Crippen MR) is 78.7 cm³/mol. The van der Waals surface area contributed by atoms with Gasteiger partial charge in [0, 0.05) is 6.42 Å². The van der Waals surface area contributed by atoms with Crippen molar-refractivity contribution in [1.82, 2.24) is 15.5 Å². The van der Waals surface area contributed by atoms with Crippen LogP contribution in [-0.4, -0.2) is 52.4 Å². The second-order valence-electron chi connectivity index (χ2n) is 4.70. The molecule has 3 atom stereocenters. The van der Waals surface area contributed by atoms with Crippen LogP contribution in [0.3, 0.4) is 0 Å². The van der Waals surface area contributed by atoms with E-state index < -0.39 is 13.4 Å². The van der Waals surface area contributed by atoms with Crippen LogP contribution in [0, 0.1) is 0 Å². The van der Waals surface area contributed by atoms with Crippen LogP contribution < -0.4 is 5.32 Å². The van der Waals surface area contributed by atoms with Gasteiger partial charge in [0.1, 0.15) is 11.8 Å². The number of carbonyl (C=O) groups is 1. The van der Waals surface area contributed by atoms with E-state index in [1.54, 1.807) is 5.51 Å². The molecule has 1 amide bonds. The van der Waals surface area contributed by atoms with Crippen molar-refractivity contribution >= 4 is 36.1 Å². The maximum atomic E-state index is 12.0. The lowest BCUT2D eigenvalue weighted by Gasteiger charge is -2.32. The van der Waals surface area contributed by atoms with Crippen molar-refractivity contribution in [3.63, 3.8) is 0 Å². The Balaban J connectivity index is 1.53. The number of rotatable bonds is 4. The lowest BCUT2D eigenvalue weighted by molar-refractivity contribution is -0.120. The Morgan fingerprint density at radius 2 is 2.52 bits per heavy atom. The first-order chi connectivity index (χ1) is 10.2. The molecule has 1 saturated heterocycles. The number of nitrogens with zero attached hydrogens (tertiary/aromatic N) is 2. The smallest absolute Gasteiger partial charge is 0.403 e. The standard InChI is InChI=1S/C11H14BN3O4S2/c16-9(5-20-11-15-13-6-21-11)14-8-3-1-2-7-4-10(17)19-12(8)18-7/h1-2,6-8,10,17H,3-5H2,(H,14,16)/t7-,8+,10?/m1/s1. The number of hydrogen-bond acceptors (Lipinski definition) is 8. The second kappa shape index (κ2) is 6.88. The van der Waals surface area contributed by atoms with Crippen molar-refractivity contribution < 1.29 is 19.2 Å². The summed E-state index contributed by atoms with van der Waals surface area (Å²) in [5.41, 5.74) is 1.63. The van der Waals surface area contributed by atoms with Gasteiger partial charge in [-0.3, -0.25) is 4.79 Å². The average molecular weight is 327 g/mol. The van der Waals surface area contributed by atoms with E-state index in [1.165, 1.54) is 23.1 Å². The van der Waals surface area contributed by atoms with Crippen molar-refractivity contribution in [2.45, 2.75) is 35.5 Å². The van der Waals surface area contributed by atoms with Crippen molar-refractivity contribution in [1.29, 1.82) is 0 Å². The summed E-state index contributed by atoms with van der Waals surface area (Å²) in [7, 11) is -0.621. The molecule has 2 N–H and O–H groups in total. The molecule has 1 aromatic rings. The first-order valence-electron chi connectivity index (χ1n) is 6.54. The number of nitrogens with one attached hydrogen (secondary N) is 1. The molecule has 3 heterocycles. The molecule has 0 spiro atoms. The minimum atomic E-state index is -0.855. The third-order valence-electron chi connectivity index (χ3n) is 3.12. The van der Waals surface area contributed by atoms with E-state index in [0.717, 1.165) is 4.34 Å². The van der Waals surface area contributed by atoms with Crippen molar-refractivity contribution in [2.24, 2.45) is 0 Å². The normalized spacial score (nSPS) is 28.2. The molecule has 3 rings (SSSR count). The maximum Gasteiger partial charge on any atom is 0.483 e. The third kappa shape index (κ3) is 4.04. The fourth-order valence-corrected chi connectivity index (χ4v) is 3.50. The molecular weight excluding hydrogens is 313 g/mol. The van der Waals surface area contributed by atoms with Crippen LogP contribution in [0.25, 0.3) is 0 Å².